The minimum absolute atomic E-state index is 1.01. The Morgan fingerprint density at radius 1 is 1.57 bits per heavy atom. The van der Waals surface area contributed by atoms with Gasteiger partial charge in [-0.15, -0.1) is 0 Å². The van der Waals surface area contributed by atoms with Crippen molar-refractivity contribution in [2.45, 2.75) is 36.7 Å². The van der Waals surface area contributed by atoms with Gasteiger partial charge >= 0.3 is 61.5 Å². The number of hydrogen-bond donors (Lipinski definition) is 0. The fraction of sp³-hybridized carbons (Fsp3) is 1.00. The van der Waals surface area contributed by atoms with Crippen molar-refractivity contribution in [3.8, 4) is 0 Å². The SMILES string of the molecule is CCCC[CH](C)[Bi+2]. The maximum atomic E-state index is 2.32. The maximum absolute atomic E-state index is 2.32. The van der Waals surface area contributed by atoms with Gasteiger partial charge in [0.2, 0.25) is 0 Å². The molecular weight excluding hydrogens is 281 g/mol. The van der Waals surface area contributed by atoms with E-state index in [4.69, 9.17) is 0 Å². The van der Waals surface area contributed by atoms with E-state index in [-0.39, 0.29) is 0 Å². The Morgan fingerprint density at radius 2 is 2.14 bits per heavy atom. The van der Waals surface area contributed by atoms with Gasteiger partial charge in [0.1, 0.15) is 0 Å². The summed E-state index contributed by atoms with van der Waals surface area (Å²) in [5, 5.41) is 0. The Kier molecular flexibility index (Phi) is 5.66. The van der Waals surface area contributed by atoms with Crippen LogP contribution < -0.4 is 0 Å². The summed E-state index contributed by atoms with van der Waals surface area (Å²) in [5.41, 5.74) is 0. The third-order valence-electron chi connectivity index (χ3n) is 0.975. The Labute approximate surface area is 61.5 Å². The summed E-state index contributed by atoms with van der Waals surface area (Å²) in [4.78, 5) is 0. The summed E-state index contributed by atoms with van der Waals surface area (Å²) in [6.45, 7) is 4.57. The predicted molar refractivity (Wildman–Crippen MR) is 34.7 cm³/mol. The van der Waals surface area contributed by atoms with Gasteiger partial charge in [-0.25, -0.2) is 0 Å². The van der Waals surface area contributed by atoms with Crippen LogP contribution in [0.4, 0.5) is 0 Å². The summed E-state index contributed by atoms with van der Waals surface area (Å²) in [5.74, 6) is 0. The molecular formula is C6H13Bi+2. The van der Waals surface area contributed by atoms with Crippen molar-refractivity contribution in [3.63, 3.8) is 0 Å². The molecule has 0 heterocycles. The van der Waals surface area contributed by atoms with Crippen LogP contribution in [0.1, 0.15) is 33.1 Å². The molecule has 7 heavy (non-hydrogen) atoms. The molecule has 0 rings (SSSR count). The second kappa shape index (κ2) is 5.03. The van der Waals surface area contributed by atoms with Gasteiger partial charge in [-0.1, -0.05) is 0 Å². The summed E-state index contributed by atoms with van der Waals surface area (Å²) in [6.07, 6.45) is 4.24. The van der Waals surface area contributed by atoms with Gasteiger partial charge in [-0.3, -0.25) is 0 Å². The number of rotatable bonds is 3. The molecule has 0 nitrogen and oxygen atoms in total. The first-order chi connectivity index (χ1) is 3.27. The van der Waals surface area contributed by atoms with Gasteiger partial charge in [0.15, 0.2) is 0 Å². The molecule has 1 unspecified atom stereocenters. The molecule has 0 aromatic heterocycles. The van der Waals surface area contributed by atoms with E-state index in [1.165, 1.54) is 19.3 Å². The molecule has 1 atom stereocenters. The fourth-order valence-electron chi connectivity index (χ4n) is 0.500. The van der Waals surface area contributed by atoms with Crippen LogP contribution in [0.25, 0.3) is 0 Å². The Hall–Kier alpha value is 0.883. The van der Waals surface area contributed by atoms with Crippen molar-refractivity contribution >= 4 is 24.7 Å². The van der Waals surface area contributed by atoms with Crippen LogP contribution in [0.5, 0.6) is 0 Å². The summed E-state index contributed by atoms with van der Waals surface area (Å²) in [6, 6.07) is 0. The van der Waals surface area contributed by atoms with Crippen LogP contribution >= 0.6 is 0 Å². The zero-order valence-corrected chi connectivity index (χ0v) is 8.62. The first kappa shape index (κ1) is 7.88. The van der Waals surface area contributed by atoms with Crippen molar-refractivity contribution in [2.75, 3.05) is 0 Å². The first-order valence-electron chi connectivity index (χ1n) is 2.95. The summed E-state index contributed by atoms with van der Waals surface area (Å²) in [7, 11) is 0. The Bertz CT molecular complexity index is 33.2. The second-order valence-corrected chi connectivity index (χ2v) is 5.42. The molecule has 2 radical (unpaired) electrons. The molecule has 0 fully saturated rings. The second-order valence-electron chi connectivity index (χ2n) is 1.99. The van der Waals surface area contributed by atoms with Crippen LogP contribution in [0.3, 0.4) is 0 Å². The van der Waals surface area contributed by atoms with Gasteiger partial charge in [-0.05, 0) is 0 Å². The molecule has 40 valence electrons. The molecule has 0 bridgehead atoms. The molecule has 0 aromatic carbocycles. The molecule has 0 saturated heterocycles. The molecule has 0 N–H and O–H groups in total. The molecule has 0 aliphatic carbocycles. The van der Waals surface area contributed by atoms with E-state index in [9.17, 15) is 0 Å². The Balaban J connectivity index is 2.68. The minimum atomic E-state index is 1.01. The van der Waals surface area contributed by atoms with Crippen LogP contribution in [-0.2, 0) is 0 Å². The summed E-state index contributed by atoms with van der Waals surface area (Å²) < 4.78 is 1.01. The number of unbranched alkanes of at least 4 members (excludes halogenated alkanes) is 1. The zero-order valence-electron chi connectivity index (χ0n) is 5.15. The zero-order chi connectivity index (χ0) is 5.70. The number of hydrogen-bond acceptors (Lipinski definition) is 0. The van der Waals surface area contributed by atoms with Crippen molar-refractivity contribution in [1.82, 2.24) is 0 Å². The molecule has 0 saturated carbocycles. The monoisotopic (exact) mass is 294 g/mol. The standard InChI is InChI=1S/C6H13.Bi/c1-3-5-6-4-2;/h3H,4-6H2,1-2H3;/q;+2. The van der Waals surface area contributed by atoms with Crippen LogP contribution in [-0.4, -0.2) is 24.7 Å². The van der Waals surface area contributed by atoms with Crippen molar-refractivity contribution in [2.24, 2.45) is 0 Å². The van der Waals surface area contributed by atoms with E-state index in [2.05, 4.69) is 13.8 Å². The third-order valence-corrected chi connectivity index (χ3v) is 1.98. The Morgan fingerprint density at radius 3 is 2.29 bits per heavy atom. The molecule has 0 aromatic rings. The van der Waals surface area contributed by atoms with Crippen molar-refractivity contribution in [1.29, 1.82) is 0 Å². The normalized spacial score (nSPS) is 14.0. The molecule has 0 aliphatic rings. The van der Waals surface area contributed by atoms with E-state index < -0.39 is 0 Å². The summed E-state index contributed by atoms with van der Waals surface area (Å²) >= 11 is 1.56. The van der Waals surface area contributed by atoms with E-state index in [0.717, 1.165) is 3.63 Å². The third kappa shape index (κ3) is 6.88. The van der Waals surface area contributed by atoms with Crippen molar-refractivity contribution in [3.05, 3.63) is 0 Å². The fourth-order valence-corrected chi connectivity index (χ4v) is 1.21. The van der Waals surface area contributed by atoms with Gasteiger partial charge < -0.3 is 0 Å². The van der Waals surface area contributed by atoms with E-state index in [1.54, 1.807) is 24.7 Å². The average molecular weight is 294 g/mol. The van der Waals surface area contributed by atoms with Crippen molar-refractivity contribution < 1.29 is 0 Å². The topological polar surface area (TPSA) is 0 Å². The van der Waals surface area contributed by atoms with E-state index in [0.29, 0.717) is 0 Å². The van der Waals surface area contributed by atoms with Gasteiger partial charge in [0.25, 0.3) is 0 Å². The molecule has 0 amide bonds. The molecule has 1 heteroatoms. The van der Waals surface area contributed by atoms with Gasteiger partial charge in [0, 0.05) is 0 Å². The van der Waals surface area contributed by atoms with Gasteiger partial charge in [-0.2, -0.15) is 0 Å². The van der Waals surface area contributed by atoms with E-state index >= 15 is 0 Å². The quantitative estimate of drug-likeness (QED) is 0.700. The predicted octanol–water partition coefficient (Wildman–Crippen LogP) is 2.15. The van der Waals surface area contributed by atoms with Crippen LogP contribution in [0, 0.1) is 0 Å². The first-order valence-corrected chi connectivity index (χ1v) is 4.96. The average Bonchev–Trinajstić information content (AvgIpc) is 1.61. The van der Waals surface area contributed by atoms with E-state index in [1.807, 2.05) is 0 Å². The van der Waals surface area contributed by atoms with Gasteiger partial charge in [0.05, 0.1) is 0 Å². The molecule has 0 aliphatic heterocycles. The van der Waals surface area contributed by atoms with Crippen LogP contribution in [0.15, 0.2) is 0 Å². The van der Waals surface area contributed by atoms with Crippen LogP contribution in [0.2, 0.25) is 3.63 Å². The molecule has 0 spiro atoms.